The lowest BCUT2D eigenvalue weighted by molar-refractivity contribution is -0.134. The molecule has 0 spiro atoms. The maximum Gasteiger partial charge on any atom is 0.228 e. The van der Waals surface area contributed by atoms with Crippen LogP contribution in [0.4, 0.5) is 5.69 Å². The lowest BCUT2D eigenvalue weighted by Gasteiger charge is -2.35. The highest BCUT2D eigenvalue weighted by Gasteiger charge is 2.25. The standard InChI is InChI=1S/C18H25N3O2/c19-12-15-5-1-2-9-21(15)18(23)6-3-4-13-7-8-16-14(10-13)11-17(22)20-16/h7-8,10,15H,1-6,9,11-12,19H2,(H,20,22). The summed E-state index contributed by atoms with van der Waals surface area (Å²) in [6.45, 7) is 1.42. The van der Waals surface area contributed by atoms with Crippen LogP contribution in [-0.2, 0) is 22.4 Å². The molecule has 5 nitrogen and oxygen atoms in total. The summed E-state index contributed by atoms with van der Waals surface area (Å²) in [4.78, 5) is 25.8. The quantitative estimate of drug-likeness (QED) is 0.870. The van der Waals surface area contributed by atoms with Gasteiger partial charge < -0.3 is 16.0 Å². The number of anilines is 1. The number of hydrogen-bond donors (Lipinski definition) is 2. The number of amides is 2. The molecule has 0 bridgehead atoms. The Morgan fingerprint density at radius 2 is 2.22 bits per heavy atom. The van der Waals surface area contributed by atoms with Crippen molar-refractivity contribution in [2.75, 3.05) is 18.4 Å². The Bertz CT molecular complexity index is 600. The van der Waals surface area contributed by atoms with E-state index in [-0.39, 0.29) is 17.9 Å². The zero-order valence-electron chi connectivity index (χ0n) is 13.5. The van der Waals surface area contributed by atoms with Gasteiger partial charge in [-0.25, -0.2) is 0 Å². The van der Waals surface area contributed by atoms with Gasteiger partial charge in [-0.1, -0.05) is 12.1 Å². The van der Waals surface area contributed by atoms with Crippen molar-refractivity contribution in [3.05, 3.63) is 29.3 Å². The van der Waals surface area contributed by atoms with E-state index in [0.717, 1.165) is 43.5 Å². The smallest absolute Gasteiger partial charge is 0.228 e. The first-order valence-corrected chi connectivity index (χ1v) is 8.58. The summed E-state index contributed by atoms with van der Waals surface area (Å²) in [5, 5.41) is 2.84. The van der Waals surface area contributed by atoms with E-state index in [9.17, 15) is 9.59 Å². The molecule has 5 heteroatoms. The van der Waals surface area contributed by atoms with E-state index in [2.05, 4.69) is 11.4 Å². The number of piperidine rings is 1. The van der Waals surface area contributed by atoms with Crippen molar-refractivity contribution in [3.8, 4) is 0 Å². The number of aryl methyl sites for hydroxylation is 1. The van der Waals surface area contributed by atoms with Gasteiger partial charge in [0.2, 0.25) is 11.8 Å². The molecule has 1 fully saturated rings. The third-order valence-electron chi connectivity index (χ3n) is 4.87. The maximum atomic E-state index is 12.4. The van der Waals surface area contributed by atoms with E-state index >= 15 is 0 Å². The fraction of sp³-hybridized carbons (Fsp3) is 0.556. The van der Waals surface area contributed by atoms with E-state index in [4.69, 9.17) is 5.73 Å². The summed E-state index contributed by atoms with van der Waals surface area (Å²) in [5.74, 6) is 0.295. The minimum atomic E-state index is 0.0604. The molecule has 1 unspecified atom stereocenters. The van der Waals surface area contributed by atoms with Crippen LogP contribution >= 0.6 is 0 Å². The first kappa shape index (κ1) is 16.0. The maximum absolute atomic E-state index is 12.4. The number of benzene rings is 1. The predicted molar refractivity (Wildman–Crippen MR) is 90.1 cm³/mol. The normalized spacial score (nSPS) is 20.3. The van der Waals surface area contributed by atoms with Gasteiger partial charge in [0.05, 0.1) is 6.42 Å². The molecule has 3 N–H and O–H groups in total. The largest absolute Gasteiger partial charge is 0.338 e. The molecule has 1 aromatic carbocycles. The van der Waals surface area contributed by atoms with Crippen molar-refractivity contribution < 1.29 is 9.59 Å². The molecule has 2 amide bonds. The molecule has 0 saturated carbocycles. The Morgan fingerprint density at radius 3 is 3.04 bits per heavy atom. The Kier molecular flexibility index (Phi) is 4.96. The molecule has 2 aliphatic rings. The van der Waals surface area contributed by atoms with Gasteiger partial charge in [0.15, 0.2) is 0 Å². The summed E-state index contributed by atoms with van der Waals surface area (Å²) in [5.41, 5.74) is 8.98. The van der Waals surface area contributed by atoms with Crippen LogP contribution in [0.3, 0.4) is 0 Å². The lowest BCUT2D eigenvalue weighted by atomic mass is 10.00. The molecule has 3 rings (SSSR count). The van der Waals surface area contributed by atoms with Crippen molar-refractivity contribution in [2.24, 2.45) is 5.73 Å². The predicted octanol–water partition coefficient (Wildman–Crippen LogP) is 1.84. The summed E-state index contributed by atoms with van der Waals surface area (Å²) >= 11 is 0. The second-order valence-electron chi connectivity index (χ2n) is 6.54. The number of nitrogens with zero attached hydrogens (tertiary/aromatic N) is 1. The second-order valence-corrected chi connectivity index (χ2v) is 6.54. The van der Waals surface area contributed by atoms with Crippen molar-refractivity contribution in [1.82, 2.24) is 4.90 Å². The molecular weight excluding hydrogens is 290 g/mol. The van der Waals surface area contributed by atoms with E-state index in [1.54, 1.807) is 0 Å². The Balaban J connectivity index is 1.50. The molecule has 124 valence electrons. The van der Waals surface area contributed by atoms with Crippen molar-refractivity contribution in [1.29, 1.82) is 0 Å². The SMILES string of the molecule is NCC1CCCCN1C(=O)CCCc1ccc2c(c1)CC(=O)N2. The highest BCUT2D eigenvalue weighted by atomic mass is 16.2. The first-order chi connectivity index (χ1) is 11.2. The van der Waals surface area contributed by atoms with Crippen LogP contribution in [0.2, 0.25) is 0 Å². The zero-order chi connectivity index (χ0) is 16.2. The molecule has 0 aliphatic carbocycles. The summed E-state index contributed by atoms with van der Waals surface area (Å²) in [6, 6.07) is 6.32. The van der Waals surface area contributed by atoms with Gasteiger partial charge in [0, 0.05) is 31.2 Å². The lowest BCUT2D eigenvalue weighted by Crippen LogP contribution is -2.47. The fourth-order valence-electron chi connectivity index (χ4n) is 3.60. The molecule has 0 aromatic heterocycles. The van der Waals surface area contributed by atoms with Gasteiger partial charge in [0.25, 0.3) is 0 Å². The van der Waals surface area contributed by atoms with E-state index in [1.165, 1.54) is 12.0 Å². The molecule has 23 heavy (non-hydrogen) atoms. The van der Waals surface area contributed by atoms with Gasteiger partial charge in [0.1, 0.15) is 0 Å². The van der Waals surface area contributed by atoms with E-state index in [0.29, 0.717) is 19.4 Å². The molecule has 2 heterocycles. The highest BCUT2D eigenvalue weighted by molar-refractivity contribution is 5.99. The monoisotopic (exact) mass is 315 g/mol. The van der Waals surface area contributed by atoms with Gasteiger partial charge >= 0.3 is 0 Å². The number of carbonyl (C=O) groups excluding carboxylic acids is 2. The topological polar surface area (TPSA) is 75.4 Å². The Morgan fingerprint density at radius 1 is 1.35 bits per heavy atom. The van der Waals surface area contributed by atoms with Crippen LogP contribution in [0, 0.1) is 0 Å². The van der Waals surface area contributed by atoms with Crippen LogP contribution < -0.4 is 11.1 Å². The third-order valence-corrected chi connectivity index (χ3v) is 4.87. The van der Waals surface area contributed by atoms with Crippen LogP contribution in [0.1, 0.15) is 43.2 Å². The number of fused-ring (bicyclic) bond motifs is 1. The van der Waals surface area contributed by atoms with Crippen LogP contribution in [0.15, 0.2) is 18.2 Å². The average molecular weight is 315 g/mol. The average Bonchev–Trinajstić information content (AvgIpc) is 2.94. The molecule has 0 radical (unpaired) electrons. The van der Waals surface area contributed by atoms with Crippen LogP contribution in [-0.4, -0.2) is 35.8 Å². The molecular formula is C18H25N3O2. The minimum absolute atomic E-state index is 0.0604. The fourth-order valence-corrected chi connectivity index (χ4v) is 3.60. The molecule has 2 aliphatic heterocycles. The third kappa shape index (κ3) is 3.72. The minimum Gasteiger partial charge on any atom is -0.338 e. The first-order valence-electron chi connectivity index (χ1n) is 8.58. The van der Waals surface area contributed by atoms with Gasteiger partial charge in [-0.2, -0.15) is 0 Å². The van der Waals surface area contributed by atoms with Gasteiger partial charge in [-0.15, -0.1) is 0 Å². The summed E-state index contributed by atoms with van der Waals surface area (Å²) in [6.07, 6.45) is 6.05. The van der Waals surface area contributed by atoms with Crippen molar-refractivity contribution >= 4 is 17.5 Å². The number of carbonyl (C=O) groups is 2. The number of hydrogen-bond acceptors (Lipinski definition) is 3. The highest BCUT2D eigenvalue weighted by Crippen LogP contribution is 2.24. The van der Waals surface area contributed by atoms with Crippen molar-refractivity contribution in [2.45, 2.75) is 51.0 Å². The summed E-state index contributed by atoms with van der Waals surface area (Å²) in [7, 11) is 0. The molecule has 1 saturated heterocycles. The second kappa shape index (κ2) is 7.13. The number of rotatable bonds is 5. The number of nitrogens with two attached hydrogens (primary N) is 1. The van der Waals surface area contributed by atoms with Gasteiger partial charge in [-0.3, -0.25) is 9.59 Å². The van der Waals surface area contributed by atoms with Crippen LogP contribution in [0.5, 0.6) is 0 Å². The Hall–Kier alpha value is -1.88. The number of likely N-dealkylation sites (tertiary alicyclic amines) is 1. The zero-order valence-corrected chi connectivity index (χ0v) is 13.5. The molecule has 1 atom stereocenters. The Labute approximate surface area is 137 Å². The van der Waals surface area contributed by atoms with Gasteiger partial charge in [-0.05, 0) is 49.3 Å². The van der Waals surface area contributed by atoms with Crippen LogP contribution in [0.25, 0.3) is 0 Å². The molecule has 1 aromatic rings. The van der Waals surface area contributed by atoms with Crippen molar-refractivity contribution in [3.63, 3.8) is 0 Å². The van der Waals surface area contributed by atoms with E-state index < -0.39 is 0 Å². The summed E-state index contributed by atoms with van der Waals surface area (Å²) < 4.78 is 0. The number of nitrogens with one attached hydrogen (secondary N) is 1. The van der Waals surface area contributed by atoms with E-state index in [1.807, 2.05) is 17.0 Å².